The molecule has 0 heterocycles. The number of carboxylic acid groups (broad SMARTS) is 1. The molecule has 3 rings (SSSR count). The number of carboxylic acids is 1. The number of hydrogen-bond donors (Lipinski definition) is 1. The van der Waals surface area contributed by atoms with Gasteiger partial charge in [0.15, 0.2) is 0 Å². The van der Waals surface area contributed by atoms with E-state index in [4.69, 9.17) is 27.9 Å². The van der Waals surface area contributed by atoms with Crippen molar-refractivity contribution in [3.05, 3.63) is 70.2 Å². The molecule has 10 heteroatoms. The number of esters is 1. The van der Waals surface area contributed by atoms with E-state index in [1.165, 1.54) is 42.5 Å². The van der Waals surface area contributed by atoms with Gasteiger partial charge in [0.05, 0.1) is 16.1 Å². The van der Waals surface area contributed by atoms with Crippen LogP contribution in [-0.4, -0.2) is 37.6 Å². The maximum absolute atomic E-state index is 13.6. The number of sulfonamides is 1. The highest BCUT2D eigenvalue weighted by Crippen LogP contribution is 2.31. The summed E-state index contributed by atoms with van der Waals surface area (Å²) in [6, 6.07) is 12.9. The summed E-state index contributed by atoms with van der Waals surface area (Å²) >= 11 is 12.0. The molecule has 174 valence electrons. The molecule has 0 saturated heterocycles. The van der Waals surface area contributed by atoms with E-state index < -0.39 is 34.1 Å². The largest absolute Gasteiger partial charge is 0.478 e. The zero-order chi connectivity index (χ0) is 24.6. The van der Waals surface area contributed by atoms with Crippen LogP contribution in [0.1, 0.15) is 31.1 Å². The van der Waals surface area contributed by atoms with Crippen molar-refractivity contribution in [3.63, 3.8) is 0 Å². The average molecular weight is 510 g/mol. The summed E-state index contributed by atoms with van der Waals surface area (Å²) in [5.74, 6) is -1.88. The summed E-state index contributed by atoms with van der Waals surface area (Å²) in [4.78, 5) is 23.9. The molecule has 0 spiro atoms. The summed E-state index contributed by atoms with van der Waals surface area (Å²) < 4.78 is 33.3. The zero-order valence-corrected chi connectivity index (χ0v) is 20.3. The van der Waals surface area contributed by atoms with Crippen LogP contribution < -0.4 is 4.31 Å². The van der Waals surface area contributed by atoms with Crippen LogP contribution in [0.4, 0.5) is 5.69 Å². The first-order valence-corrected chi connectivity index (χ1v) is 11.9. The number of hydrogen-bond acceptors (Lipinski definition) is 5. The predicted molar refractivity (Wildman–Crippen MR) is 128 cm³/mol. The number of fused-ring (bicyclic) bond motifs is 1. The first-order chi connectivity index (χ1) is 15.3. The molecule has 3 aromatic carbocycles. The van der Waals surface area contributed by atoms with Gasteiger partial charge in [0.25, 0.3) is 10.0 Å². The van der Waals surface area contributed by atoms with Crippen LogP contribution in [0.2, 0.25) is 10.0 Å². The third-order valence-electron chi connectivity index (χ3n) is 4.50. The van der Waals surface area contributed by atoms with Gasteiger partial charge in [-0.2, -0.15) is 0 Å². The summed E-state index contributed by atoms with van der Waals surface area (Å²) in [6.45, 7) is 4.39. The van der Waals surface area contributed by atoms with Crippen LogP contribution in [-0.2, 0) is 19.6 Å². The molecule has 0 unspecified atom stereocenters. The highest BCUT2D eigenvalue weighted by Gasteiger charge is 2.30. The first kappa shape index (κ1) is 24.8. The Bertz CT molecular complexity index is 1330. The fourth-order valence-electron chi connectivity index (χ4n) is 3.22. The fourth-order valence-corrected chi connectivity index (χ4v) is 5.35. The topological polar surface area (TPSA) is 101 Å². The lowest BCUT2D eigenvalue weighted by atomic mass is 10.0. The lowest BCUT2D eigenvalue weighted by Gasteiger charge is -2.26. The molecule has 7 nitrogen and oxygen atoms in total. The van der Waals surface area contributed by atoms with E-state index in [2.05, 4.69) is 0 Å². The quantitative estimate of drug-likeness (QED) is 0.447. The van der Waals surface area contributed by atoms with Crippen LogP contribution in [0, 0.1) is 0 Å². The van der Waals surface area contributed by atoms with E-state index in [1.54, 1.807) is 32.9 Å². The van der Waals surface area contributed by atoms with Crippen molar-refractivity contribution in [2.45, 2.75) is 31.3 Å². The Kier molecular flexibility index (Phi) is 6.93. The second kappa shape index (κ2) is 9.21. The number of benzene rings is 3. The minimum atomic E-state index is -4.30. The molecule has 0 saturated carbocycles. The number of halogens is 2. The monoisotopic (exact) mass is 509 g/mol. The van der Waals surface area contributed by atoms with E-state index in [0.29, 0.717) is 10.8 Å². The van der Waals surface area contributed by atoms with E-state index >= 15 is 0 Å². The smallest absolute Gasteiger partial charge is 0.336 e. The SMILES string of the molecule is CC(C)(C)OC(=O)CN(c1ccc2c(C(=O)O)cccc2c1)S(=O)(=O)c1cc(Cl)cc(Cl)c1. The minimum absolute atomic E-state index is 0.0715. The molecule has 3 aromatic rings. The van der Waals surface area contributed by atoms with Gasteiger partial charge in [0.1, 0.15) is 12.1 Å². The molecule has 0 aliphatic rings. The Morgan fingerprint density at radius 2 is 1.64 bits per heavy atom. The Labute approximate surface area is 201 Å². The molecule has 0 radical (unpaired) electrons. The van der Waals surface area contributed by atoms with Crippen molar-refractivity contribution in [1.29, 1.82) is 0 Å². The second-order valence-electron chi connectivity index (χ2n) is 8.22. The molecule has 33 heavy (non-hydrogen) atoms. The Balaban J connectivity index is 2.16. The van der Waals surface area contributed by atoms with Gasteiger partial charge in [-0.1, -0.05) is 41.4 Å². The van der Waals surface area contributed by atoms with E-state index in [9.17, 15) is 23.1 Å². The van der Waals surface area contributed by atoms with Crippen LogP contribution in [0.15, 0.2) is 59.5 Å². The maximum atomic E-state index is 13.6. The van der Waals surface area contributed by atoms with Crippen molar-refractivity contribution in [1.82, 2.24) is 0 Å². The summed E-state index contributed by atoms with van der Waals surface area (Å²) in [5, 5.41) is 10.6. The number of aromatic carboxylic acids is 1. The van der Waals surface area contributed by atoms with Gasteiger partial charge in [0, 0.05) is 10.0 Å². The average Bonchev–Trinajstić information content (AvgIpc) is 2.69. The van der Waals surface area contributed by atoms with Gasteiger partial charge in [-0.15, -0.1) is 0 Å². The lowest BCUT2D eigenvalue weighted by Crippen LogP contribution is -2.39. The molecular weight excluding hydrogens is 489 g/mol. The zero-order valence-electron chi connectivity index (χ0n) is 18.0. The van der Waals surface area contributed by atoms with Crippen LogP contribution >= 0.6 is 23.2 Å². The number of anilines is 1. The summed E-state index contributed by atoms with van der Waals surface area (Å²) in [6.07, 6.45) is 0. The molecular formula is C23H21Cl2NO6S. The maximum Gasteiger partial charge on any atom is 0.336 e. The molecule has 0 aliphatic heterocycles. The number of carbonyl (C=O) groups excluding carboxylic acids is 1. The van der Waals surface area contributed by atoms with E-state index in [-0.39, 0.29) is 26.2 Å². The minimum Gasteiger partial charge on any atom is -0.478 e. The molecule has 0 fully saturated rings. The summed E-state index contributed by atoms with van der Waals surface area (Å²) in [5.41, 5.74) is -0.611. The van der Waals surface area contributed by atoms with E-state index in [1.807, 2.05) is 0 Å². The highest BCUT2D eigenvalue weighted by atomic mass is 35.5. The molecule has 0 aliphatic carbocycles. The third-order valence-corrected chi connectivity index (χ3v) is 6.69. The van der Waals surface area contributed by atoms with Crippen molar-refractivity contribution >= 4 is 61.6 Å². The van der Waals surface area contributed by atoms with Crippen LogP contribution in [0.3, 0.4) is 0 Å². The lowest BCUT2D eigenvalue weighted by molar-refractivity contribution is -0.152. The molecule has 0 atom stereocenters. The Morgan fingerprint density at radius 3 is 2.21 bits per heavy atom. The van der Waals surface area contributed by atoms with Crippen LogP contribution in [0.5, 0.6) is 0 Å². The number of rotatable bonds is 6. The fraction of sp³-hybridized carbons (Fsp3) is 0.217. The van der Waals surface area contributed by atoms with Crippen molar-refractivity contribution in [2.75, 3.05) is 10.8 Å². The van der Waals surface area contributed by atoms with Crippen LogP contribution in [0.25, 0.3) is 10.8 Å². The normalized spacial score (nSPS) is 11.9. The van der Waals surface area contributed by atoms with E-state index in [0.717, 1.165) is 4.31 Å². The van der Waals surface area contributed by atoms with Gasteiger partial charge in [-0.25, -0.2) is 13.2 Å². The number of ether oxygens (including phenoxy) is 1. The van der Waals surface area contributed by atoms with Gasteiger partial charge in [-0.3, -0.25) is 9.10 Å². The molecule has 0 amide bonds. The van der Waals surface area contributed by atoms with Gasteiger partial charge >= 0.3 is 11.9 Å². The van der Waals surface area contributed by atoms with Crippen molar-refractivity contribution < 1.29 is 27.9 Å². The van der Waals surface area contributed by atoms with Crippen molar-refractivity contribution in [3.8, 4) is 0 Å². The summed E-state index contributed by atoms with van der Waals surface area (Å²) in [7, 11) is -4.30. The van der Waals surface area contributed by atoms with Crippen molar-refractivity contribution in [2.24, 2.45) is 0 Å². The Hall–Kier alpha value is -2.81. The number of carbonyl (C=O) groups is 2. The highest BCUT2D eigenvalue weighted by molar-refractivity contribution is 7.92. The van der Waals surface area contributed by atoms with Gasteiger partial charge in [-0.05, 0) is 67.9 Å². The molecule has 0 aromatic heterocycles. The second-order valence-corrected chi connectivity index (χ2v) is 11.0. The standard InChI is InChI=1S/C23H21Cl2NO6S/c1-23(2,3)32-21(27)13-26(33(30,31)18-11-15(24)10-16(25)12-18)17-7-8-19-14(9-17)5-4-6-20(19)22(28)29/h4-12H,13H2,1-3H3,(H,28,29). The van der Waals surface area contributed by atoms with Gasteiger partial charge < -0.3 is 9.84 Å². The Morgan fingerprint density at radius 1 is 1.00 bits per heavy atom. The number of nitrogens with zero attached hydrogens (tertiary/aromatic N) is 1. The third kappa shape index (κ3) is 5.76. The predicted octanol–water partition coefficient (Wildman–Crippen LogP) is 5.38. The molecule has 1 N–H and O–H groups in total. The molecule has 0 bridgehead atoms. The first-order valence-electron chi connectivity index (χ1n) is 9.75. The van der Waals surface area contributed by atoms with Gasteiger partial charge in [0.2, 0.25) is 0 Å².